The average Bonchev–Trinajstić information content (AvgIpc) is 2.49. The van der Waals surface area contributed by atoms with Gasteiger partial charge >= 0.3 is 0 Å². The van der Waals surface area contributed by atoms with Gasteiger partial charge in [-0.3, -0.25) is 4.79 Å². The Labute approximate surface area is 122 Å². The van der Waals surface area contributed by atoms with Gasteiger partial charge in [0.15, 0.2) is 11.6 Å². The fraction of sp³-hybridized carbons (Fsp3) is 0.188. The number of anilines is 1. The summed E-state index contributed by atoms with van der Waals surface area (Å²) in [6.07, 6.45) is 0. The van der Waals surface area contributed by atoms with E-state index in [4.69, 9.17) is 0 Å². The Bertz CT molecular complexity index is 617. The van der Waals surface area contributed by atoms with Crippen LogP contribution in [0.2, 0.25) is 0 Å². The predicted octanol–water partition coefficient (Wildman–Crippen LogP) is 3.25. The number of nitrogens with one attached hydrogen (secondary N) is 2. The highest BCUT2D eigenvalue weighted by Crippen LogP contribution is 2.13. The number of carbonyl (C=O) groups excluding carboxylic acids is 1. The molecule has 0 aliphatic carbocycles. The standard InChI is InChI=1S/C16H16F2N2O/c1-11(12-5-3-2-4-6-12)20-16(21)10-19-13-7-8-14(17)15(18)9-13/h2-9,11,19H,10H2,1H3,(H,20,21). The van der Waals surface area contributed by atoms with Crippen LogP contribution in [0.25, 0.3) is 0 Å². The lowest BCUT2D eigenvalue weighted by Crippen LogP contribution is -2.32. The van der Waals surface area contributed by atoms with Crippen LogP contribution in [0.1, 0.15) is 18.5 Å². The van der Waals surface area contributed by atoms with Crippen LogP contribution in [0.3, 0.4) is 0 Å². The quantitative estimate of drug-likeness (QED) is 0.887. The maximum Gasteiger partial charge on any atom is 0.239 e. The molecular formula is C16H16F2N2O. The zero-order chi connectivity index (χ0) is 15.2. The van der Waals surface area contributed by atoms with Crippen molar-refractivity contribution >= 4 is 11.6 Å². The summed E-state index contributed by atoms with van der Waals surface area (Å²) in [6, 6.07) is 12.8. The molecule has 2 rings (SSSR count). The molecule has 0 spiro atoms. The molecule has 1 atom stereocenters. The van der Waals surface area contributed by atoms with Crippen LogP contribution >= 0.6 is 0 Å². The molecule has 0 fully saturated rings. The summed E-state index contributed by atoms with van der Waals surface area (Å²) in [4.78, 5) is 11.8. The number of amides is 1. The molecule has 1 amide bonds. The van der Waals surface area contributed by atoms with E-state index in [1.54, 1.807) is 0 Å². The largest absolute Gasteiger partial charge is 0.376 e. The molecule has 0 radical (unpaired) electrons. The highest BCUT2D eigenvalue weighted by Gasteiger charge is 2.09. The van der Waals surface area contributed by atoms with Gasteiger partial charge in [-0.1, -0.05) is 30.3 Å². The summed E-state index contributed by atoms with van der Waals surface area (Å²) in [5.41, 5.74) is 1.36. The molecule has 110 valence electrons. The molecule has 0 saturated carbocycles. The first-order valence-corrected chi connectivity index (χ1v) is 6.59. The van der Waals surface area contributed by atoms with Crippen molar-refractivity contribution in [2.75, 3.05) is 11.9 Å². The maximum atomic E-state index is 13.0. The van der Waals surface area contributed by atoms with Crippen molar-refractivity contribution in [3.63, 3.8) is 0 Å². The maximum absolute atomic E-state index is 13.0. The van der Waals surface area contributed by atoms with Gasteiger partial charge in [0.05, 0.1) is 12.6 Å². The summed E-state index contributed by atoms with van der Waals surface area (Å²) in [5, 5.41) is 5.57. The van der Waals surface area contributed by atoms with E-state index in [-0.39, 0.29) is 18.5 Å². The van der Waals surface area contributed by atoms with Gasteiger partial charge in [0, 0.05) is 11.8 Å². The topological polar surface area (TPSA) is 41.1 Å². The Morgan fingerprint density at radius 1 is 1.10 bits per heavy atom. The zero-order valence-corrected chi connectivity index (χ0v) is 11.6. The van der Waals surface area contributed by atoms with E-state index in [2.05, 4.69) is 10.6 Å². The molecule has 2 N–H and O–H groups in total. The van der Waals surface area contributed by atoms with E-state index in [1.807, 2.05) is 37.3 Å². The van der Waals surface area contributed by atoms with Gasteiger partial charge in [0.2, 0.25) is 5.91 Å². The van der Waals surface area contributed by atoms with Crippen LogP contribution in [-0.4, -0.2) is 12.5 Å². The van der Waals surface area contributed by atoms with Gasteiger partial charge in [-0.05, 0) is 24.6 Å². The van der Waals surface area contributed by atoms with Gasteiger partial charge in [0.25, 0.3) is 0 Å². The van der Waals surface area contributed by atoms with E-state index in [0.29, 0.717) is 5.69 Å². The molecule has 0 aliphatic heterocycles. The first-order chi connectivity index (χ1) is 10.1. The van der Waals surface area contributed by atoms with E-state index in [9.17, 15) is 13.6 Å². The van der Waals surface area contributed by atoms with Gasteiger partial charge < -0.3 is 10.6 Å². The normalized spacial score (nSPS) is 11.8. The Balaban J connectivity index is 1.86. The Kier molecular flexibility index (Phi) is 4.87. The van der Waals surface area contributed by atoms with Crippen LogP contribution in [0, 0.1) is 11.6 Å². The molecule has 1 unspecified atom stereocenters. The second-order valence-electron chi connectivity index (χ2n) is 4.68. The van der Waals surface area contributed by atoms with Gasteiger partial charge in [0.1, 0.15) is 0 Å². The zero-order valence-electron chi connectivity index (χ0n) is 11.6. The van der Waals surface area contributed by atoms with Gasteiger partial charge in [-0.25, -0.2) is 8.78 Å². The van der Waals surface area contributed by atoms with Gasteiger partial charge in [-0.15, -0.1) is 0 Å². The van der Waals surface area contributed by atoms with Crippen molar-refractivity contribution in [3.05, 3.63) is 65.7 Å². The number of hydrogen-bond acceptors (Lipinski definition) is 2. The van der Waals surface area contributed by atoms with Crippen molar-refractivity contribution in [2.24, 2.45) is 0 Å². The number of carbonyl (C=O) groups is 1. The third-order valence-corrected chi connectivity index (χ3v) is 3.05. The molecule has 0 heterocycles. The number of benzene rings is 2. The van der Waals surface area contributed by atoms with Crippen LogP contribution in [0.15, 0.2) is 48.5 Å². The van der Waals surface area contributed by atoms with E-state index in [0.717, 1.165) is 17.7 Å². The van der Waals surface area contributed by atoms with Crippen LogP contribution in [-0.2, 0) is 4.79 Å². The monoisotopic (exact) mass is 290 g/mol. The third kappa shape index (κ3) is 4.27. The number of hydrogen-bond donors (Lipinski definition) is 2. The predicted molar refractivity (Wildman–Crippen MR) is 77.8 cm³/mol. The van der Waals surface area contributed by atoms with Gasteiger partial charge in [-0.2, -0.15) is 0 Å². The fourth-order valence-electron chi connectivity index (χ4n) is 1.91. The van der Waals surface area contributed by atoms with Crippen molar-refractivity contribution in [1.29, 1.82) is 0 Å². The third-order valence-electron chi connectivity index (χ3n) is 3.05. The van der Waals surface area contributed by atoms with Crippen molar-refractivity contribution in [3.8, 4) is 0 Å². The Morgan fingerprint density at radius 2 is 1.81 bits per heavy atom. The minimum atomic E-state index is -0.946. The van der Waals surface area contributed by atoms with Crippen LogP contribution < -0.4 is 10.6 Å². The first kappa shape index (κ1) is 15.0. The second kappa shape index (κ2) is 6.83. The van der Waals surface area contributed by atoms with Crippen molar-refractivity contribution in [1.82, 2.24) is 5.32 Å². The summed E-state index contributed by atoms with van der Waals surface area (Å²) < 4.78 is 25.8. The molecule has 2 aromatic rings. The van der Waals surface area contributed by atoms with Crippen molar-refractivity contribution < 1.29 is 13.6 Å². The Hall–Kier alpha value is -2.43. The highest BCUT2D eigenvalue weighted by atomic mass is 19.2. The summed E-state index contributed by atoms with van der Waals surface area (Å²) in [5.74, 6) is -2.09. The first-order valence-electron chi connectivity index (χ1n) is 6.59. The number of halogens is 2. The lowest BCUT2D eigenvalue weighted by molar-refractivity contribution is -0.120. The molecular weight excluding hydrogens is 274 g/mol. The summed E-state index contributed by atoms with van der Waals surface area (Å²) in [6.45, 7) is 1.87. The molecule has 0 aromatic heterocycles. The minimum absolute atomic E-state index is 0.0117. The van der Waals surface area contributed by atoms with E-state index < -0.39 is 11.6 Å². The molecule has 0 aliphatic rings. The van der Waals surface area contributed by atoms with E-state index in [1.165, 1.54) is 6.07 Å². The molecule has 3 nitrogen and oxygen atoms in total. The van der Waals surface area contributed by atoms with E-state index >= 15 is 0 Å². The fourth-order valence-corrected chi connectivity index (χ4v) is 1.91. The lowest BCUT2D eigenvalue weighted by atomic mass is 10.1. The molecule has 5 heteroatoms. The van der Waals surface area contributed by atoms with Crippen LogP contribution in [0.4, 0.5) is 14.5 Å². The highest BCUT2D eigenvalue weighted by molar-refractivity contribution is 5.81. The van der Waals surface area contributed by atoms with Crippen LogP contribution in [0.5, 0.6) is 0 Å². The summed E-state index contributed by atoms with van der Waals surface area (Å²) >= 11 is 0. The smallest absolute Gasteiger partial charge is 0.239 e. The molecule has 21 heavy (non-hydrogen) atoms. The molecule has 0 saturated heterocycles. The Morgan fingerprint density at radius 3 is 2.48 bits per heavy atom. The minimum Gasteiger partial charge on any atom is -0.376 e. The second-order valence-corrected chi connectivity index (χ2v) is 4.68. The average molecular weight is 290 g/mol. The molecule has 2 aromatic carbocycles. The van der Waals surface area contributed by atoms with Crippen molar-refractivity contribution in [2.45, 2.75) is 13.0 Å². The molecule has 0 bridgehead atoms. The number of rotatable bonds is 5. The summed E-state index contributed by atoms with van der Waals surface area (Å²) in [7, 11) is 0. The lowest BCUT2D eigenvalue weighted by Gasteiger charge is -2.15. The SMILES string of the molecule is CC(NC(=O)CNc1ccc(F)c(F)c1)c1ccccc1.